The third-order valence-electron chi connectivity index (χ3n) is 3.52. The maximum atomic E-state index is 12.2. The number of sulfonamides is 1. The summed E-state index contributed by atoms with van der Waals surface area (Å²) in [7, 11) is -3.60. The van der Waals surface area contributed by atoms with E-state index in [1.54, 1.807) is 0 Å². The van der Waals surface area contributed by atoms with E-state index >= 15 is 0 Å². The smallest absolute Gasteiger partial charge is 0.345 e. The number of hydrogen-bond donors (Lipinski definition) is 2. The molecule has 1 aromatic rings. The highest BCUT2D eigenvalue weighted by Gasteiger charge is 2.22. The number of nitrogens with one attached hydrogen (secondary N) is 1. The van der Waals surface area contributed by atoms with Gasteiger partial charge in [0.15, 0.2) is 0 Å². The molecule has 20 heavy (non-hydrogen) atoms. The van der Waals surface area contributed by atoms with Crippen LogP contribution in [0.25, 0.3) is 0 Å². The number of aromatic carboxylic acids is 1. The first-order chi connectivity index (χ1) is 9.49. The number of rotatable bonds is 4. The van der Waals surface area contributed by atoms with Crippen LogP contribution in [0.4, 0.5) is 0 Å². The number of carboxylic acid groups (broad SMARTS) is 1. The summed E-state index contributed by atoms with van der Waals surface area (Å²) in [5.74, 6) is -1.09. The summed E-state index contributed by atoms with van der Waals surface area (Å²) >= 11 is 0.935. The van der Waals surface area contributed by atoms with Gasteiger partial charge in [-0.3, -0.25) is 0 Å². The fourth-order valence-corrected chi connectivity index (χ4v) is 4.85. The second-order valence-corrected chi connectivity index (χ2v) is 7.74. The van der Waals surface area contributed by atoms with Crippen molar-refractivity contribution in [2.45, 2.75) is 55.9 Å². The predicted octanol–water partition coefficient (Wildman–Crippen LogP) is 2.84. The Balaban J connectivity index is 2.06. The molecule has 2 rings (SSSR count). The van der Waals surface area contributed by atoms with E-state index in [0.717, 1.165) is 49.9 Å². The lowest BCUT2D eigenvalue weighted by Crippen LogP contribution is -2.35. The van der Waals surface area contributed by atoms with Crippen LogP contribution in [0.2, 0.25) is 0 Å². The van der Waals surface area contributed by atoms with Crippen LogP contribution in [0.5, 0.6) is 0 Å². The molecule has 0 bridgehead atoms. The van der Waals surface area contributed by atoms with Crippen LogP contribution in [-0.2, 0) is 10.0 Å². The molecule has 0 aliphatic heterocycles. The predicted molar refractivity (Wildman–Crippen MR) is 77.7 cm³/mol. The van der Waals surface area contributed by atoms with Crippen molar-refractivity contribution in [2.75, 3.05) is 0 Å². The summed E-state index contributed by atoms with van der Waals surface area (Å²) < 4.78 is 27.2. The normalized spacial score (nSPS) is 18.4. The minimum absolute atomic E-state index is 0.0338. The molecule has 0 unspecified atom stereocenters. The minimum Gasteiger partial charge on any atom is -0.477 e. The fourth-order valence-electron chi connectivity index (χ4n) is 2.43. The Labute approximate surface area is 123 Å². The first-order valence-electron chi connectivity index (χ1n) is 6.83. The Morgan fingerprint density at radius 2 is 1.80 bits per heavy atom. The van der Waals surface area contributed by atoms with Crippen molar-refractivity contribution in [3.63, 3.8) is 0 Å². The molecule has 7 heteroatoms. The van der Waals surface area contributed by atoms with E-state index in [-0.39, 0.29) is 15.8 Å². The third kappa shape index (κ3) is 4.04. The lowest BCUT2D eigenvalue weighted by Gasteiger charge is -2.20. The largest absolute Gasteiger partial charge is 0.477 e. The van der Waals surface area contributed by atoms with E-state index in [1.165, 1.54) is 17.9 Å². The van der Waals surface area contributed by atoms with Crippen LogP contribution in [0.3, 0.4) is 0 Å². The van der Waals surface area contributed by atoms with Gasteiger partial charge in [-0.2, -0.15) is 0 Å². The summed E-state index contributed by atoms with van der Waals surface area (Å²) in [6.07, 6.45) is 7.32. The molecule has 0 radical (unpaired) electrons. The molecule has 1 aliphatic carbocycles. The van der Waals surface area contributed by atoms with Crippen molar-refractivity contribution in [2.24, 2.45) is 0 Å². The molecule has 1 aromatic heterocycles. The average molecular weight is 317 g/mol. The van der Waals surface area contributed by atoms with E-state index < -0.39 is 16.0 Å². The van der Waals surface area contributed by atoms with E-state index in [1.807, 2.05) is 0 Å². The Hall–Kier alpha value is -0.920. The summed E-state index contributed by atoms with van der Waals surface area (Å²) in [6, 6.07) is 1.19. The lowest BCUT2D eigenvalue weighted by molar-refractivity contribution is 0.0702. The Morgan fingerprint density at radius 1 is 1.20 bits per heavy atom. The second kappa shape index (κ2) is 6.69. The molecular formula is C13H19NO4S2. The van der Waals surface area contributed by atoms with Gasteiger partial charge in [-0.05, 0) is 18.9 Å². The molecule has 5 nitrogen and oxygen atoms in total. The van der Waals surface area contributed by atoms with Crippen molar-refractivity contribution in [3.05, 3.63) is 16.3 Å². The van der Waals surface area contributed by atoms with Crippen molar-refractivity contribution in [1.82, 2.24) is 4.72 Å². The Morgan fingerprint density at radius 3 is 2.35 bits per heavy atom. The van der Waals surface area contributed by atoms with Gasteiger partial charge < -0.3 is 5.11 Å². The SMILES string of the molecule is O=C(O)c1cc(S(=O)(=O)NC2CCCCCCC2)cs1. The molecule has 1 heterocycles. The van der Waals surface area contributed by atoms with Gasteiger partial charge in [0.2, 0.25) is 10.0 Å². The third-order valence-corrected chi connectivity index (χ3v) is 6.09. The van der Waals surface area contributed by atoms with Gasteiger partial charge >= 0.3 is 5.97 Å². The zero-order valence-electron chi connectivity index (χ0n) is 11.2. The summed E-state index contributed by atoms with van der Waals surface area (Å²) in [4.78, 5) is 10.9. The topological polar surface area (TPSA) is 83.5 Å². The highest BCUT2D eigenvalue weighted by molar-refractivity contribution is 7.89. The van der Waals surface area contributed by atoms with Gasteiger partial charge in [-0.25, -0.2) is 17.9 Å². The number of carboxylic acids is 1. The second-order valence-electron chi connectivity index (χ2n) is 5.12. The minimum atomic E-state index is -3.60. The molecule has 0 atom stereocenters. The Bertz CT molecular complexity index is 557. The molecule has 0 spiro atoms. The van der Waals surface area contributed by atoms with Crippen LogP contribution in [0.1, 0.15) is 54.6 Å². The fraction of sp³-hybridized carbons (Fsp3) is 0.615. The van der Waals surface area contributed by atoms with Crippen LogP contribution < -0.4 is 4.72 Å². The van der Waals surface area contributed by atoms with Crippen LogP contribution in [0.15, 0.2) is 16.3 Å². The van der Waals surface area contributed by atoms with E-state index in [0.29, 0.717) is 0 Å². The lowest BCUT2D eigenvalue weighted by atomic mass is 9.97. The van der Waals surface area contributed by atoms with E-state index in [4.69, 9.17) is 5.11 Å². The quantitative estimate of drug-likeness (QED) is 0.894. The number of thiophene rings is 1. The maximum Gasteiger partial charge on any atom is 0.345 e. The molecule has 1 saturated carbocycles. The molecule has 1 fully saturated rings. The van der Waals surface area contributed by atoms with E-state index in [2.05, 4.69) is 4.72 Å². The first kappa shape index (κ1) is 15.5. The number of carbonyl (C=O) groups is 1. The molecule has 2 N–H and O–H groups in total. The first-order valence-corrected chi connectivity index (χ1v) is 9.19. The van der Waals surface area contributed by atoms with Crippen LogP contribution >= 0.6 is 11.3 Å². The van der Waals surface area contributed by atoms with Crippen molar-refractivity contribution in [3.8, 4) is 0 Å². The van der Waals surface area contributed by atoms with Gasteiger partial charge in [0.1, 0.15) is 4.88 Å². The van der Waals surface area contributed by atoms with E-state index in [9.17, 15) is 13.2 Å². The van der Waals surface area contributed by atoms with Gasteiger partial charge in [-0.15, -0.1) is 11.3 Å². The number of hydrogen-bond acceptors (Lipinski definition) is 4. The highest BCUT2D eigenvalue weighted by atomic mass is 32.2. The van der Waals surface area contributed by atoms with Gasteiger partial charge in [0.05, 0.1) is 4.90 Å². The standard InChI is InChI=1S/C13H19NO4S2/c15-13(16)12-8-11(9-19-12)20(17,18)14-10-6-4-2-1-3-5-7-10/h8-10,14H,1-7H2,(H,15,16). The van der Waals surface area contributed by atoms with Gasteiger partial charge in [0.25, 0.3) is 0 Å². The van der Waals surface area contributed by atoms with Crippen molar-refractivity contribution < 1.29 is 18.3 Å². The zero-order valence-corrected chi connectivity index (χ0v) is 12.8. The summed E-state index contributed by atoms with van der Waals surface area (Å²) in [5.41, 5.74) is 0. The monoisotopic (exact) mass is 317 g/mol. The maximum absolute atomic E-state index is 12.2. The van der Waals surface area contributed by atoms with Crippen molar-refractivity contribution >= 4 is 27.3 Å². The molecule has 112 valence electrons. The van der Waals surface area contributed by atoms with Gasteiger partial charge in [-0.1, -0.05) is 32.1 Å². The highest BCUT2D eigenvalue weighted by Crippen LogP contribution is 2.22. The molecular weight excluding hydrogens is 298 g/mol. The molecule has 0 amide bonds. The summed E-state index contributed by atoms with van der Waals surface area (Å²) in [6.45, 7) is 0. The average Bonchev–Trinajstić information content (AvgIpc) is 2.82. The van der Waals surface area contributed by atoms with Gasteiger partial charge in [0, 0.05) is 11.4 Å². The summed E-state index contributed by atoms with van der Waals surface area (Å²) in [5, 5.41) is 10.2. The van der Waals surface area contributed by atoms with Crippen molar-refractivity contribution in [1.29, 1.82) is 0 Å². The van der Waals surface area contributed by atoms with Crippen LogP contribution in [-0.4, -0.2) is 25.5 Å². The Kier molecular flexibility index (Phi) is 5.17. The van der Waals surface area contributed by atoms with Crippen LogP contribution in [0, 0.1) is 0 Å². The molecule has 1 aliphatic rings. The molecule has 0 saturated heterocycles. The zero-order chi connectivity index (χ0) is 14.6. The molecule has 0 aromatic carbocycles.